The predicted octanol–water partition coefficient (Wildman–Crippen LogP) is 3.01. The number of fused-ring (bicyclic) bond motifs is 1. The van der Waals surface area contributed by atoms with E-state index in [0.717, 1.165) is 26.7 Å². The van der Waals surface area contributed by atoms with Gasteiger partial charge in [0.2, 0.25) is 0 Å². The van der Waals surface area contributed by atoms with Gasteiger partial charge in [-0.3, -0.25) is 0 Å². The number of halogens is 1. The minimum absolute atomic E-state index is 0.244. The molecule has 0 aliphatic heterocycles. The molecule has 1 unspecified atom stereocenters. The molecule has 0 spiro atoms. The molecule has 2 aromatic carbocycles. The van der Waals surface area contributed by atoms with Crippen molar-refractivity contribution in [3.05, 3.63) is 68.0 Å². The summed E-state index contributed by atoms with van der Waals surface area (Å²) in [5.41, 5.74) is 3.80. The van der Waals surface area contributed by atoms with Crippen LogP contribution in [0, 0.1) is 6.92 Å². The molecule has 0 fully saturated rings. The van der Waals surface area contributed by atoms with Gasteiger partial charge in [-0.15, -0.1) is 0 Å². The standard InChI is InChI=1S/C15H13BrN2O2/c1-8-6-10(16)3-4-11(8)14(19)9-2-5-12-13(7-9)18-15(20)17-12/h2-7,14,19H,1H3,(H2,17,18,20). The lowest BCUT2D eigenvalue weighted by atomic mass is 9.97. The quantitative estimate of drug-likeness (QED) is 0.675. The zero-order valence-corrected chi connectivity index (χ0v) is 12.4. The highest BCUT2D eigenvalue weighted by atomic mass is 79.9. The maximum atomic E-state index is 11.3. The lowest BCUT2D eigenvalue weighted by molar-refractivity contribution is 0.219. The van der Waals surface area contributed by atoms with Crippen molar-refractivity contribution in [2.24, 2.45) is 0 Å². The van der Waals surface area contributed by atoms with Crippen LogP contribution >= 0.6 is 15.9 Å². The van der Waals surface area contributed by atoms with E-state index in [1.807, 2.05) is 31.2 Å². The number of H-pyrrole nitrogens is 2. The molecule has 0 aliphatic carbocycles. The maximum absolute atomic E-state index is 11.3. The lowest BCUT2D eigenvalue weighted by Gasteiger charge is -2.14. The normalized spacial score (nSPS) is 12.8. The monoisotopic (exact) mass is 332 g/mol. The second-order valence-corrected chi connectivity index (χ2v) is 5.70. The van der Waals surface area contributed by atoms with Gasteiger partial charge in [-0.1, -0.05) is 28.1 Å². The smallest absolute Gasteiger partial charge is 0.323 e. The van der Waals surface area contributed by atoms with Crippen LogP contribution in [0.15, 0.2) is 45.7 Å². The lowest BCUT2D eigenvalue weighted by Crippen LogP contribution is -2.02. The van der Waals surface area contributed by atoms with E-state index in [-0.39, 0.29) is 5.69 Å². The van der Waals surface area contributed by atoms with Gasteiger partial charge in [0.05, 0.1) is 11.0 Å². The van der Waals surface area contributed by atoms with Crippen LogP contribution in [0.25, 0.3) is 11.0 Å². The fourth-order valence-electron chi connectivity index (χ4n) is 2.35. The van der Waals surface area contributed by atoms with Crippen LogP contribution in [0.3, 0.4) is 0 Å². The third-order valence-electron chi connectivity index (χ3n) is 3.38. The van der Waals surface area contributed by atoms with Gasteiger partial charge >= 0.3 is 5.69 Å². The molecule has 3 N–H and O–H groups in total. The number of aryl methyl sites for hydroxylation is 1. The summed E-state index contributed by atoms with van der Waals surface area (Å²) in [6, 6.07) is 11.2. The average molecular weight is 333 g/mol. The number of aliphatic hydroxyl groups is 1. The van der Waals surface area contributed by atoms with Crippen molar-refractivity contribution in [2.45, 2.75) is 13.0 Å². The Morgan fingerprint density at radius 3 is 2.60 bits per heavy atom. The summed E-state index contributed by atoms with van der Waals surface area (Å²) in [4.78, 5) is 16.6. The molecule has 0 saturated heterocycles. The van der Waals surface area contributed by atoms with Gasteiger partial charge in [0.25, 0.3) is 0 Å². The minimum atomic E-state index is -0.717. The molecule has 5 heteroatoms. The van der Waals surface area contributed by atoms with Crippen molar-refractivity contribution >= 4 is 27.0 Å². The van der Waals surface area contributed by atoms with E-state index < -0.39 is 6.10 Å². The van der Waals surface area contributed by atoms with Gasteiger partial charge in [0.15, 0.2) is 0 Å². The molecule has 1 aromatic heterocycles. The number of hydrogen-bond acceptors (Lipinski definition) is 2. The van der Waals surface area contributed by atoms with E-state index >= 15 is 0 Å². The first-order chi connectivity index (χ1) is 9.54. The Hall–Kier alpha value is -1.85. The van der Waals surface area contributed by atoms with Gasteiger partial charge in [-0.25, -0.2) is 4.79 Å². The van der Waals surface area contributed by atoms with Gasteiger partial charge in [-0.2, -0.15) is 0 Å². The van der Waals surface area contributed by atoms with E-state index in [2.05, 4.69) is 25.9 Å². The Bertz CT molecular complexity index is 835. The van der Waals surface area contributed by atoms with Crippen molar-refractivity contribution in [3.63, 3.8) is 0 Å². The Labute approximate surface area is 123 Å². The van der Waals surface area contributed by atoms with E-state index in [1.54, 1.807) is 12.1 Å². The number of aromatic nitrogens is 2. The van der Waals surface area contributed by atoms with E-state index in [0.29, 0.717) is 5.52 Å². The predicted molar refractivity (Wildman–Crippen MR) is 81.9 cm³/mol. The zero-order chi connectivity index (χ0) is 14.3. The molecule has 0 aliphatic rings. The molecule has 102 valence electrons. The summed E-state index contributed by atoms with van der Waals surface area (Å²) in [6.07, 6.45) is -0.717. The number of aromatic amines is 2. The topological polar surface area (TPSA) is 68.9 Å². The first-order valence-electron chi connectivity index (χ1n) is 6.20. The molecule has 0 saturated carbocycles. The van der Waals surface area contributed by atoms with Crippen LogP contribution < -0.4 is 5.69 Å². The molecule has 0 amide bonds. The fraction of sp³-hybridized carbons (Fsp3) is 0.133. The summed E-state index contributed by atoms with van der Waals surface area (Å²) in [7, 11) is 0. The van der Waals surface area contributed by atoms with Crippen molar-refractivity contribution < 1.29 is 5.11 Å². The van der Waals surface area contributed by atoms with Crippen LogP contribution in [0.5, 0.6) is 0 Å². The average Bonchev–Trinajstić information content (AvgIpc) is 2.77. The van der Waals surface area contributed by atoms with Gasteiger partial charge in [-0.05, 0) is 47.9 Å². The second-order valence-electron chi connectivity index (χ2n) is 4.79. The third kappa shape index (κ3) is 2.30. The fourth-order valence-corrected chi connectivity index (χ4v) is 2.82. The number of nitrogens with one attached hydrogen (secondary N) is 2. The summed E-state index contributed by atoms with van der Waals surface area (Å²) >= 11 is 3.41. The summed E-state index contributed by atoms with van der Waals surface area (Å²) in [5.74, 6) is 0. The van der Waals surface area contributed by atoms with Gasteiger partial charge < -0.3 is 15.1 Å². The molecule has 1 atom stereocenters. The second kappa shape index (κ2) is 4.92. The third-order valence-corrected chi connectivity index (χ3v) is 3.88. The molecule has 3 rings (SSSR count). The highest BCUT2D eigenvalue weighted by molar-refractivity contribution is 9.10. The number of aliphatic hydroxyl groups excluding tert-OH is 1. The number of benzene rings is 2. The van der Waals surface area contributed by atoms with E-state index in [1.165, 1.54) is 0 Å². The molecule has 1 heterocycles. The largest absolute Gasteiger partial charge is 0.384 e. The number of hydrogen-bond donors (Lipinski definition) is 3. The molecular formula is C15H13BrN2O2. The molecule has 3 aromatic rings. The molecule has 4 nitrogen and oxygen atoms in total. The highest BCUT2D eigenvalue weighted by Gasteiger charge is 2.14. The van der Waals surface area contributed by atoms with Crippen LogP contribution in [-0.4, -0.2) is 15.1 Å². The molecule has 0 bridgehead atoms. The molecular weight excluding hydrogens is 320 g/mol. The first-order valence-corrected chi connectivity index (χ1v) is 7.00. The van der Waals surface area contributed by atoms with E-state index in [9.17, 15) is 9.90 Å². The van der Waals surface area contributed by atoms with E-state index in [4.69, 9.17) is 0 Å². The van der Waals surface area contributed by atoms with Crippen LogP contribution in [0.1, 0.15) is 22.8 Å². The van der Waals surface area contributed by atoms with Gasteiger partial charge in [0.1, 0.15) is 6.10 Å². The summed E-state index contributed by atoms with van der Waals surface area (Å²) in [6.45, 7) is 1.96. The SMILES string of the molecule is Cc1cc(Br)ccc1C(O)c1ccc2[nH]c(=O)[nH]c2c1. The first kappa shape index (κ1) is 13.1. The van der Waals surface area contributed by atoms with Crippen molar-refractivity contribution in [1.82, 2.24) is 9.97 Å². The van der Waals surface area contributed by atoms with Crippen LogP contribution in [0.4, 0.5) is 0 Å². The summed E-state index contributed by atoms with van der Waals surface area (Å²) in [5, 5.41) is 10.5. The Morgan fingerprint density at radius 1 is 1.10 bits per heavy atom. The molecule has 20 heavy (non-hydrogen) atoms. The van der Waals surface area contributed by atoms with Crippen LogP contribution in [0.2, 0.25) is 0 Å². The van der Waals surface area contributed by atoms with Gasteiger partial charge in [0, 0.05) is 4.47 Å². The maximum Gasteiger partial charge on any atom is 0.323 e. The number of rotatable bonds is 2. The minimum Gasteiger partial charge on any atom is -0.384 e. The Balaban J connectivity index is 2.06. The Kier molecular flexibility index (Phi) is 3.23. The van der Waals surface area contributed by atoms with Crippen LogP contribution in [-0.2, 0) is 0 Å². The van der Waals surface area contributed by atoms with Crippen molar-refractivity contribution in [2.75, 3.05) is 0 Å². The number of imidazole rings is 1. The van der Waals surface area contributed by atoms with Crippen molar-refractivity contribution in [1.29, 1.82) is 0 Å². The highest BCUT2D eigenvalue weighted by Crippen LogP contribution is 2.28. The molecule has 0 radical (unpaired) electrons. The summed E-state index contributed by atoms with van der Waals surface area (Å²) < 4.78 is 0.983. The van der Waals surface area contributed by atoms with Crippen molar-refractivity contribution in [3.8, 4) is 0 Å². The Morgan fingerprint density at radius 2 is 1.85 bits per heavy atom. The zero-order valence-electron chi connectivity index (χ0n) is 10.8.